The first-order valence-corrected chi connectivity index (χ1v) is 11.9. The van der Waals surface area contributed by atoms with Crippen molar-refractivity contribution in [2.45, 2.75) is 109 Å². The summed E-state index contributed by atoms with van der Waals surface area (Å²) in [4.78, 5) is 0. The molecule has 4 saturated heterocycles. The zero-order chi connectivity index (χ0) is 21.4. The summed E-state index contributed by atoms with van der Waals surface area (Å²) in [6, 6.07) is 0. The van der Waals surface area contributed by atoms with E-state index < -0.39 is 0 Å². The molecule has 4 heterocycles. The molecule has 0 saturated carbocycles. The van der Waals surface area contributed by atoms with E-state index in [1.54, 1.807) is 14.2 Å². The first-order valence-electron chi connectivity index (χ1n) is 11.9. The largest absolute Gasteiger partial charge is 0.379 e. The van der Waals surface area contributed by atoms with Crippen LogP contribution in [0.25, 0.3) is 0 Å². The molecule has 7 nitrogen and oxygen atoms in total. The molecule has 178 valence electrons. The van der Waals surface area contributed by atoms with Gasteiger partial charge in [-0.1, -0.05) is 0 Å². The summed E-state index contributed by atoms with van der Waals surface area (Å²) in [5.74, 6) is 0. The van der Waals surface area contributed by atoms with Crippen LogP contribution in [0.1, 0.15) is 77.6 Å². The van der Waals surface area contributed by atoms with E-state index in [0.717, 1.165) is 51.9 Å². The first kappa shape index (κ1) is 26.0. The van der Waals surface area contributed by atoms with Crippen LogP contribution in [0.4, 0.5) is 0 Å². The summed E-state index contributed by atoms with van der Waals surface area (Å²) in [7, 11) is 3.37. The minimum Gasteiger partial charge on any atom is -0.379 e. The molecule has 0 aromatic rings. The Kier molecular flexibility index (Phi) is 14.2. The number of rotatable bonds is 4. The molecule has 4 rings (SSSR count). The van der Waals surface area contributed by atoms with Gasteiger partial charge in [0.15, 0.2) is 18.9 Å². The van der Waals surface area contributed by atoms with E-state index in [-0.39, 0.29) is 25.0 Å². The normalized spacial score (nSPS) is 34.7. The van der Waals surface area contributed by atoms with Crippen molar-refractivity contribution in [3.63, 3.8) is 0 Å². The molecule has 4 fully saturated rings. The molecule has 4 aliphatic rings. The third-order valence-electron chi connectivity index (χ3n) is 5.75. The van der Waals surface area contributed by atoms with Crippen molar-refractivity contribution in [2.24, 2.45) is 0 Å². The summed E-state index contributed by atoms with van der Waals surface area (Å²) in [5.41, 5.74) is 0. The maximum Gasteiger partial charge on any atom is 0.158 e. The first-order chi connectivity index (χ1) is 14.7. The summed E-state index contributed by atoms with van der Waals surface area (Å²) in [6.45, 7) is 5.45. The van der Waals surface area contributed by atoms with Crippen LogP contribution < -0.4 is 0 Å². The van der Waals surface area contributed by atoms with Gasteiger partial charge in [-0.2, -0.15) is 0 Å². The van der Waals surface area contributed by atoms with Crippen LogP contribution in [0.3, 0.4) is 0 Å². The van der Waals surface area contributed by atoms with Gasteiger partial charge in [0.2, 0.25) is 0 Å². The molecule has 0 aromatic heterocycles. The van der Waals surface area contributed by atoms with Crippen LogP contribution in [-0.2, 0) is 33.2 Å². The second-order valence-corrected chi connectivity index (χ2v) is 8.34. The highest BCUT2D eigenvalue weighted by Gasteiger charge is 2.25. The van der Waals surface area contributed by atoms with Gasteiger partial charge in [-0.3, -0.25) is 0 Å². The van der Waals surface area contributed by atoms with Gasteiger partial charge in [-0.15, -0.1) is 0 Å². The van der Waals surface area contributed by atoms with E-state index in [9.17, 15) is 0 Å². The summed E-state index contributed by atoms with van der Waals surface area (Å²) >= 11 is 0. The molecule has 0 aliphatic carbocycles. The lowest BCUT2D eigenvalue weighted by atomic mass is 10.1. The molecule has 7 heteroatoms. The highest BCUT2D eigenvalue weighted by atomic mass is 16.7. The Morgan fingerprint density at radius 3 is 1.50 bits per heavy atom. The Bertz CT molecular complexity index is 383. The fourth-order valence-electron chi connectivity index (χ4n) is 3.83. The zero-order valence-corrected chi connectivity index (χ0v) is 19.4. The van der Waals surface area contributed by atoms with Crippen LogP contribution in [0, 0.1) is 0 Å². The molecule has 5 atom stereocenters. The fourth-order valence-corrected chi connectivity index (χ4v) is 3.83. The van der Waals surface area contributed by atoms with Crippen molar-refractivity contribution in [2.75, 3.05) is 40.6 Å². The molecule has 0 N–H and O–H groups in total. The van der Waals surface area contributed by atoms with Crippen LogP contribution in [0.2, 0.25) is 0 Å². The van der Waals surface area contributed by atoms with E-state index in [0.29, 0.717) is 12.7 Å². The Morgan fingerprint density at radius 1 is 0.567 bits per heavy atom. The van der Waals surface area contributed by atoms with Crippen molar-refractivity contribution < 1.29 is 33.2 Å². The maximum absolute atomic E-state index is 5.82. The molecule has 5 unspecified atom stereocenters. The number of hydrogen-bond acceptors (Lipinski definition) is 7. The lowest BCUT2D eigenvalue weighted by Gasteiger charge is -2.32. The lowest BCUT2D eigenvalue weighted by Crippen LogP contribution is -2.36. The summed E-state index contributed by atoms with van der Waals surface area (Å²) in [5, 5.41) is 0. The minimum atomic E-state index is -0.0443. The van der Waals surface area contributed by atoms with Crippen molar-refractivity contribution >= 4 is 0 Å². The van der Waals surface area contributed by atoms with Crippen LogP contribution in [0.5, 0.6) is 0 Å². The Labute approximate surface area is 183 Å². The molecule has 0 aromatic carbocycles. The van der Waals surface area contributed by atoms with E-state index in [1.165, 1.54) is 38.5 Å². The molecule has 0 amide bonds. The summed E-state index contributed by atoms with van der Waals surface area (Å²) < 4.78 is 37.4. The standard InChI is InChI=1S/C11H20O4.C6H12O2.C6H12O/c1-12-10-6-5-9(8-14-10)15-11-4-2-3-7-13-11;1-7-6-4-2-3-5-8-6;1-6-4-2-3-5-7-6/h9-11H,2-8H2,1H3;6H,2-5H2,1H3;6H,2-5H2,1H3. The predicted molar refractivity (Wildman–Crippen MR) is 114 cm³/mol. The van der Waals surface area contributed by atoms with Gasteiger partial charge >= 0.3 is 0 Å². The average molecular weight is 433 g/mol. The van der Waals surface area contributed by atoms with Crippen LogP contribution >= 0.6 is 0 Å². The van der Waals surface area contributed by atoms with Gasteiger partial charge in [-0.25, -0.2) is 0 Å². The number of methoxy groups -OCH3 is 2. The van der Waals surface area contributed by atoms with Crippen molar-refractivity contribution in [3.05, 3.63) is 0 Å². The number of hydrogen-bond donors (Lipinski definition) is 0. The third kappa shape index (κ3) is 11.4. The average Bonchev–Trinajstić information content (AvgIpc) is 2.82. The van der Waals surface area contributed by atoms with Crippen molar-refractivity contribution in [1.29, 1.82) is 0 Å². The third-order valence-corrected chi connectivity index (χ3v) is 5.75. The smallest absolute Gasteiger partial charge is 0.158 e. The molecular formula is C23H44O7. The molecule has 4 aliphatic heterocycles. The highest BCUT2D eigenvalue weighted by Crippen LogP contribution is 2.21. The highest BCUT2D eigenvalue weighted by molar-refractivity contribution is 4.67. The Balaban J connectivity index is 0.000000179. The van der Waals surface area contributed by atoms with Gasteiger partial charge in [-0.05, 0) is 71.1 Å². The van der Waals surface area contributed by atoms with Crippen LogP contribution in [-0.4, -0.2) is 71.7 Å². The van der Waals surface area contributed by atoms with Crippen molar-refractivity contribution in [3.8, 4) is 0 Å². The molecular weight excluding hydrogens is 388 g/mol. The number of ether oxygens (including phenoxy) is 7. The quantitative estimate of drug-likeness (QED) is 0.652. The predicted octanol–water partition coefficient (Wildman–Crippen LogP) is 4.42. The van der Waals surface area contributed by atoms with Crippen molar-refractivity contribution in [1.82, 2.24) is 0 Å². The van der Waals surface area contributed by atoms with Gasteiger partial charge < -0.3 is 33.2 Å². The van der Waals surface area contributed by atoms with Gasteiger partial charge in [0.05, 0.1) is 18.8 Å². The Hall–Kier alpha value is -0.280. The van der Waals surface area contributed by atoms with Gasteiger partial charge in [0.1, 0.15) is 0 Å². The zero-order valence-electron chi connectivity index (χ0n) is 19.4. The lowest BCUT2D eigenvalue weighted by molar-refractivity contribution is -0.236. The molecule has 0 spiro atoms. The maximum atomic E-state index is 5.82. The molecule has 30 heavy (non-hydrogen) atoms. The van der Waals surface area contributed by atoms with E-state index in [2.05, 4.69) is 6.92 Å². The van der Waals surface area contributed by atoms with E-state index >= 15 is 0 Å². The molecule has 0 bridgehead atoms. The molecule has 0 radical (unpaired) electrons. The summed E-state index contributed by atoms with van der Waals surface area (Å²) in [6.07, 6.45) is 13.4. The monoisotopic (exact) mass is 432 g/mol. The minimum absolute atomic E-state index is 0.00792. The SMILES string of the molecule is CC1CCCCO1.COC1CCC(OC2CCCCO2)CO1.COC1CCCCO1. The second kappa shape index (κ2) is 16.4. The Morgan fingerprint density at radius 2 is 1.13 bits per heavy atom. The van der Waals surface area contributed by atoms with Crippen LogP contribution in [0.15, 0.2) is 0 Å². The van der Waals surface area contributed by atoms with Gasteiger partial charge in [0.25, 0.3) is 0 Å². The van der Waals surface area contributed by atoms with Gasteiger partial charge in [0, 0.05) is 40.5 Å². The van der Waals surface area contributed by atoms with E-state index in [4.69, 9.17) is 33.2 Å². The van der Waals surface area contributed by atoms with E-state index in [1.807, 2.05) is 0 Å². The second-order valence-electron chi connectivity index (χ2n) is 8.34. The fraction of sp³-hybridized carbons (Fsp3) is 1.00. The topological polar surface area (TPSA) is 64.6 Å².